The number of rotatable bonds is 4. The molecule has 1 aliphatic rings. The Labute approximate surface area is 99.8 Å². The van der Waals surface area contributed by atoms with Crippen LogP contribution in [-0.4, -0.2) is 34.8 Å². The molecule has 0 aromatic carbocycles. The second-order valence-corrected chi connectivity index (χ2v) is 4.21. The molecule has 0 amide bonds. The van der Waals surface area contributed by atoms with E-state index < -0.39 is 5.97 Å². The number of aromatic carboxylic acids is 1. The number of carbonyl (C=O) groups is 1. The maximum absolute atomic E-state index is 11.0. The molecular weight excluding hydrogens is 220 g/mol. The van der Waals surface area contributed by atoms with Crippen LogP contribution >= 0.6 is 0 Å². The van der Waals surface area contributed by atoms with E-state index in [0.29, 0.717) is 5.69 Å². The molecule has 1 aromatic rings. The fourth-order valence-electron chi connectivity index (χ4n) is 2.03. The Hall–Kier alpha value is -1.62. The molecule has 5 nitrogen and oxygen atoms in total. The third-order valence-electron chi connectivity index (χ3n) is 2.96. The molecule has 1 fully saturated rings. The first-order chi connectivity index (χ1) is 8.18. The average Bonchev–Trinajstić information content (AvgIpc) is 2.83. The Morgan fingerprint density at radius 1 is 1.71 bits per heavy atom. The molecule has 2 heterocycles. The SMILES string of the molecule is CC(Nc1cnccc1C(=O)O)C1CCCO1. The number of nitrogens with zero attached hydrogens (tertiary/aromatic N) is 1. The highest BCUT2D eigenvalue weighted by atomic mass is 16.5. The molecule has 0 spiro atoms. The van der Waals surface area contributed by atoms with E-state index in [1.54, 1.807) is 0 Å². The second kappa shape index (κ2) is 5.14. The zero-order valence-corrected chi connectivity index (χ0v) is 9.72. The number of anilines is 1. The van der Waals surface area contributed by atoms with Crippen LogP contribution in [0.4, 0.5) is 5.69 Å². The summed E-state index contributed by atoms with van der Waals surface area (Å²) in [6.45, 7) is 2.78. The van der Waals surface area contributed by atoms with Gasteiger partial charge in [0.25, 0.3) is 0 Å². The van der Waals surface area contributed by atoms with Crippen molar-refractivity contribution in [3.63, 3.8) is 0 Å². The van der Waals surface area contributed by atoms with Crippen molar-refractivity contribution >= 4 is 11.7 Å². The zero-order valence-electron chi connectivity index (χ0n) is 9.72. The first-order valence-electron chi connectivity index (χ1n) is 5.74. The highest BCUT2D eigenvalue weighted by Crippen LogP contribution is 2.20. The van der Waals surface area contributed by atoms with E-state index in [4.69, 9.17) is 9.84 Å². The maximum atomic E-state index is 11.0. The van der Waals surface area contributed by atoms with Gasteiger partial charge >= 0.3 is 5.97 Å². The summed E-state index contributed by atoms with van der Waals surface area (Å²) in [7, 11) is 0. The van der Waals surface area contributed by atoms with Gasteiger partial charge in [0.1, 0.15) is 0 Å². The van der Waals surface area contributed by atoms with Crippen molar-refractivity contribution in [2.75, 3.05) is 11.9 Å². The van der Waals surface area contributed by atoms with Gasteiger partial charge in [0.2, 0.25) is 0 Å². The Bertz CT molecular complexity index is 402. The van der Waals surface area contributed by atoms with Crippen LogP contribution in [0.15, 0.2) is 18.5 Å². The van der Waals surface area contributed by atoms with Crippen LogP contribution in [0.3, 0.4) is 0 Å². The number of pyridine rings is 1. The molecule has 1 aliphatic heterocycles. The van der Waals surface area contributed by atoms with Crippen LogP contribution in [0, 0.1) is 0 Å². The van der Waals surface area contributed by atoms with Gasteiger partial charge in [-0.2, -0.15) is 0 Å². The lowest BCUT2D eigenvalue weighted by Crippen LogP contribution is -2.30. The molecule has 92 valence electrons. The Kier molecular flexibility index (Phi) is 3.58. The summed E-state index contributed by atoms with van der Waals surface area (Å²) in [6.07, 6.45) is 5.24. The van der Waals surface area contributed by atoms with E-state index in [-0.39, 0.29) is 17.7 Å². The van der Waals surface area contributed by atoms with Crippen molar-refractivity contribution in [2.45, 2.75) is 31.9 Å². The van der Waals surface area contributed by atoms with Gasteiger partial charge in [0.15, 0.2) is 0 Å². The summed E-state index contributed by atoms with van der Waals surface area (Å²) < 4.78 is 5.56. The highest BCUT2D eigenvalue weighted by molar-refractivity contribution is 5.93. The lowest BCUT2D eigenvalue weighted by Gasteiger charge is -2.21. The fourth-order valence-corrected chi connectivity index (χ4v) is 2.03. The van der Waals surface area contributed by atoms with E-state index in [0.717, 1.165) is 19.4 Å². The molecule has 2 unspecified atom stereocenters. The van der Waals surface area contributed by atoms with Crippen molar-refractivity contribution in [3.05, 3.63) is 24.0 Å². The van der Waals surface area contributed by atoms with Crippen molar-refractivity contribution in [1.82, 2.24) is 4.98 Å². The number of carboxylic acid groups (broad SMARTS) is 1. The topological polar surface area (TPSA) is 71.5 Å². The summed E-state index contributed by atoms with van der Waals surface area (Å²) in [6, 6.07) is 1.58. The van der Waals surface area contributed by atoms with Gasteiger partial charge in [-0.1, -0.05) is 0 Å². The molecule has 2 N–H and O–H groups in total. The third-order valence-corrected chi connectivity index (χ3v) is 2.96. The monoisotopic (exact) mass is 236 g/mol. The molecule has 0 bridgehead atoms. The van der Waals surface area contributed by atoms with Crippen molar-refractivity contribution in [2.24, 2.45) is 0 Å². The van der Waals surface area contributed by atoms with Gasteiger partial charge in [0.05, 0.1) is 23.6 Å². The lowest BCUT2D eigenvalue weighted by molar-refractivity contribution is 0.0697. The minimum absolute atomic E-state index is 0.0831. The summed E-state index contributed by atoms with van der Waals surface area (Å²) in [5.74, 6) is -0.950. The minimum atomic E-state index is -0.950. The van der Waals surface area contributed by atoms with Crippen LogP contribution < -0.4 is 5.32 Å². The fraction of sp³-hybridized carbons (Fsp3) is 0.500. The summed E-state index contributed by atoms with van der Waals surface area (Å²) >= 11 is 0. The van der Waals surface area contributed by atoms with Gasteiger partial charge in [-0.05, 0) is 25.8 Å². The summed E-state index contributed by atoms with van der Waals surface area (Å²) in [4.78, 5) is 15.0. The third kappa shape index (κ3) is 2.74. The second-order valence-electron chi connectivity index (χ2n) is 4.21. The molecule has 2 rings (SSSR count). The van der Waals surface area contributed by atoms with Gasteiger partial charge in [-0.15, -0.1) is 0 Å². The van der Waals surface area contributed by atoms with Gasteiger partial charge in [-0.25, -0.2) is 4.79 Å². The Balaban J connectivity index is 2.09. The zero-order chi connectivity index (χ0) is 12.3. The molecule has 1 aromatic heterocycles. The largest absolute Gasteiger partial charge is 0.478 e. The van der Waals surface area contributed by atoms with Gasteiger partial charge < -0.3 is 15.2 Å². The Morgan fingerprint density at radius 3 is 3.18 bits per heavy atom. The molecule has 0 aliphatic carbocycles. The molecule has 1 saturated heterocycles. The number of hydrogen-bond acceptors (Lipinski definition) is 4. The first-order valence-corrected chi connectivity index (χ1v) is 5.74. The van der Waals surface area contributed by atoms with E-state index in [1.165, 1.54) is 18.5 Å². The van der Waals surface area contributed by atoms with Crippen LogP contribution in [-0.2, 0) is 4.74 Å². The molecule has 2 atom stereocenters. The molecule has 0 radical (unpaired) electrons. The molecule has 0 saturated carbocycles. The number of nitrogens with one attached hydrogen (secondary N) is 1. The van der Waals surface area contributed by atoms with E-state index in [9.17, 15) is 4.79 Å². The normalized spacial score (nSPS) is 21.1. The van der Waals surface area contributed by atoms with E-state index in [2.05, 4.69) is 10.3 Å². The van der Waals surface area contributed by atoms with Crippen molar-refractivity contribution < 1.29 is 14.6 Å². The van der Waals surface area contributed by atoms with Crippen molar-refractivity contribution in [3.8, 4) is 0 Å². The number of aromatic nitrogens is 1. The van der Waals surface area contributed by atoms with E-state index in [1.807, 2.05) is 6.92 Å². The molecule has 17 heavy (non-hydrogen) atoms. The van der Waals surface area contributed by atoms with Crippen LogP contribution in [0.1, 0.15) is 30.1 Å². The average molecular weight is 236 g/mol. The smallest absolute Gasteiger partial charge is 0.337 e. The highest BCUT2D eigenvalue weighted by Gasteiger charge is 2.23. The standard InChI is InChI=1S/C12H16N2O3/c1-8(11-3-2-6-17-11)14-10-7-13-5-4-9(10)12(15)16/h4-5,7-8,11,14H,2-3,6H2,1H3,(H,15,16). The number of hydrogen-bond donors (Lipinski definition) is 2. The van der Waals surface area contributed by atoms with Gasteiger partial charge in [-0.3, -0.25) is 4.98 Å². The minimum Gasteiger partial charge on any atom is -0.478 e. The van der Waals surface area contributed by atoms with Crippen LogP contribution in [0.25, 0.3) is 0 Å². The quantitative estimate of drug-likeness (QED) is 0.833. The Morgan fingerprint density at radius 2 is 2.53 bits per heavy atom. The van der Waals surface area contributed by atoms with Gasteiger partial charge in [0, 0.05) is 18.8 Å². The number of ether oxygens (including phenoxy) is 1. The molecule has 5 heteroatoms. The first kappa shape index (κ1) is 11.9. The lowest BCUT2D eigenvalue weighted by atomic mass is 10.1. The maximum Gasteiger partial charge on any atom is 0.337 e. The van der Waals surface area contributed by atoms with E-state index >= 15 is 0 Å². The summed E-state index contributed by atoms with van der Waals surface area (Å²) in [5.41, 5.74) is 0.785. The van der Waals surface area contributed by atoms with Crippen LogP contribution in [0.2, 0.25) is 0 Å². The summed E-state index contributed by atoms with van der Waals surface area (Å²) in [5, 5.41) is 12.2. The predicted molar refractivity (Wildman–Crippen MR) is 63.3 cm³/mol. The molecular formula is C12H16N2O3. The predicted octanol–water partition coefficient (Wildman–Crippen LogP) is 1.76. The number of carboxylic acids is 1. The van der Waals surface area contributed by atoms with Crippen molar-refractivity contribution in [1.29, 1.82) is 0 Å². The van der Waals surface area contributed by atoms with Crippen LogP contribution in [0.5, 0.6) is 0 Å².